The maximum atomic E-state index is 13.3. The van der Waals surface area contributed by atoms with E-state index in [1.54, 1.807) is 6.20 Å². The maximum absolute atomic E-state index is 13.3. The van der Waals surface area contributed by atoms with Crippen LogP contribution in [0, 0.1) is 30.1 Å². The summed E-state index contributed by atoms with van der Waals surface area (Å²) in [6.45, 7) is 7.69. The molecule has 6 rings (SSSR count). The van der Waals surface area contributed by atoms with Crippen molar-refractivity contribution < 1.29 is 4.79 Å². The number of nitrogens with zero attached hydrogens (tertiary/aromatic N) is 4. The highest BCUT2D eigenvalue weighted by Gasteiger charge is 2.46. The Hall–Kier alpha value is -2.38. The van der Waals surface area contributed by atoms with Crippen LogP contribution >= 0.6 is 11.6 Å². The Morgan fingerprint density at radius 2 is 1.94 bits per heavy atom. The number of benzene rings is 1. The third kappa shape index (κ3) is 4.92. The monoisotopic (exact) mass is 508 g/mol. The van der Waals surface area contributed by atoms with E-state index in [-0.39, 0.29) is 5.91 Å². The largest absolute Gasteiger partial charge is 0.365 e. The Morgan fingerprint density at radius 1 is 1.19 bits per heavy atom. The van der Waals surface area contributed by atoms with Crippen molar-refractivity contribution in [2.75, 3.05) is 50.0 Å². The minimum Gasteiger partial charge on any atom is -0.365 e. The van der Waals surface area contributed by atoms with E-state index >= 15 is 0 Å². The van der Waals surface area contributed by atoms with E-state index in [4.69, 9.17) is 16.6 Å². The summed E-state index contributed by atoms with van der Waals surface area (Å²) >= 11 is 6.33. The average Bonchev–Trinajstić information content (AvgIpc) is 3.47. The quantitative estimate of drug-likeness (QED) is 0.579. The first-order chi connectivity index (χ1) is 17.4. The molecule has 1 amide bonds. The third-order valence-corrected chi connectivity index (χ3v) is 9.43. The summed E-state index contributed by atoms with van der Waals surface area (Å²) in [6, 6.07) is 6.04. The standard InChI is InChI=1S/C28H37ClN6O/c1-18-3-4-19(9-24(18)29)13-30-25-23(15-32-27(33-25)35-16-21-10-22(21)17-35)26(36)31-14-20-11-28(12-20)5-7-34(2)8-6-28/h3-4,9,15,20-22H,5-8,10-14,16-17H2,1-2H3,(H,31,36)(H,30,32,33). The van der Waals surface area contributed by atoms with Gasteiger partial charge in [-0.1, -0.05) is 23.7 Å². The lowest BCUT2D eigenvalue weighted by Crippen LogP contribution is -2.48. The highest BCUT2D eigenvalue weighted by molar-refractivity contribution is 6.31. The number of anilines is 2. The number of rotatable bonds is 7. The molecule has 2 unspecified atom stereocenters. The smallest absolute Gasteiger partial charge is 0.256 e. The van der Waals surface area contributed by atoms with Gasteiger partial charge in [-0.05, 0) is 99.5 Å². The predicted molar refractivity (Wildman–Crippen MR) is 144 cm³/mol. The average molecular weight is 509 g/mol. The van der Waals surface area contributed by atoms with Crippen LogP contribution in [0.25, 0.3) is 0 Å². The molecule has 3 heterocycles. The Balaban J connectivity index is 1.12. The second-order valence-corrected chi connectivity index (χ2v) is 12.2. The molecule has 1 spiro atoms. The van der Waals surface area contributed by atoms with Crippen molar-refractivity contribution in [3.63, 3.8) is 0 Å². The van der Waals surface area contributed by atoms with Gasteiger partial charge in [-0.3, -0.25) is 4.79 Å². The number of hydrogen-bond donors (Lipinski definition) is 2. The number of carbonyl (C=O) groups excluding carboxylic acids is 1. The summed E-state index contributed by atoms with van der Waals surface area (Å²) in [7, 11) is 2.21. The van der Waals surface area contributed by atoms with Crippen LogP contribution in [0.5, 0.6) is 0 Å². The lowest BCUT2D eigenvalue weighted by atomic mass is 9.57. The zero-order valence-corrected chi connectivity index (χ0v) is 22.2. The predicted octanol–water partition coefficient (Wildman–Crippen LogP) is 4.36. The first kappa shape index (κ1) is 24.0. The maximum Gasteiger partial charge on any atom is 0.256 e. The molecule has 1 aromatic carbocycles. The summed E-state index contributed by atoms with van der Waals surface area (Å²) in [5.74, 6) is 3.36. The van der Waals surface area contributed by atoms with Gasteiger partial charge in [0.1, 0.15) is 11.4 Å². The molecule has 7 nitrogen and oxygen atoms in total. The fourth-order valence-corrected chi connectivity index (χ4v) is 6.67. The molecule has 4 fully saturated rings. The minimum atomic E-state index is -0.0976. The van der Waals surface area contributed by atoms with E-state index in [1.807, 2.05) is 19.1 Å². The van der Waals surface area contributed by atoms with Gasteiger partial charge >= 0.3 is 0 Å². The van der Waals surface area contributed by atoms with Crippen molar-refractivity contribution >= 4 is 29.3 Å². The van der Waals surface area contributed by atoms with Crippen LogP contribution in [0.3, 0.4) is 0 Å². The normalized spacial score (nSPS) is 24.9. The Bertz CT molecular complexity index is 1130. The molecule has 0 radical (unpaired) electrons. The number of aryl methyl sites for hydroxylation is 1. The number of amides is 1. The van der Waals surface area contributed by atoms with E-state index in [2.05, 4.69) is 38.5 Å². The van der Waals surface area contributed by atoms with Gasteiger partial charge in [0.15, 0.2) is 0 Å². The second-order valence-electron chi connectivity index (χ2n) is 11.8. The SMILES string of the molecule is Cc1ccc(CNc2nc(N3CC4CC4C3)ncc2C(=O)NCC2CC3(CCN(C)CC3)C2)cc1Cl. The second kappa shape index (κ2) is 9.49. The van der Waals surface area contributed by atoms with Crippen molar-refractivity contribution in [3.8, 4) is 0 Å². The molecule has 36 heavy (non-hydrogen) atoms. The summed E-state index contributed by atoms with van der Waals surface area (Å²) < 4.78 is 0. The van der Waals surface area contributed by atoms with Crippen LogP contribution < -0.4 is 15.5 Å². The van der Waals surface area contributed by atoms with E-state index in [1.165, 1.54) is 45.2 Å². The molecule has 2 saturated heterocycles. The Labute approximate surface area is 219 Å². The Kier molecular flexibility index (Phi) is 6.32. The van der Waals surface area contributed by atoms with Gasteiger partial charge < -0.3 is 20.4 Å². The molecule has 2 aliphatic carbocycles. The van der Waals surface area contributed by atoms with Crippen LogP contribution in [0.1, 0.15) is 53.6 Å². The number of carbonyl (C=O) groups is 1. The van der Waals surface area contributed by atoms with Gasteiger partial charge in [0.05, 0.1) is 0 Å². The van der Waals surface area contributed by atoms with Crippen LogP contribution in [0.4, 0.5) is 11.8 Å². The molecule has 2 aliphatic heterocycles. The fourth-order valence-electron chi connectivity index (χ4n) is 6.46. The first-order valence-corrected chi connectivity index (χ1v) is 13.8. The zero-order valence-electron chi connectivity index (χ0n) is 21.4. The number of aromatic nitrogens is 2. The van der Waals surface area contributed by atoms with Crippen LogP contribution in [-0.4, -0.2) is 60.5 Å². The number of likely N-dealkylation sites (tertiary alicyclic amines) is 1. The van der Waals surface area contributed by atoms with Crippen molar-refractivity contribution in [2.45, 2.75) is 45.6 Å². The molecule has 2 atom stereocenters. The fraction of sp³-hybridized carbons (Fsp3) is 0.607. The molecule has 1 aromatic heterocycles. The zero-order chi connectivity index (χ0) is 24.9. The number of hydrogen-bond acceptors (Lipinski definition) is 6. The lowest BCUT2D eigenvalue weighted by molar-refractivity contribution is -0.00584. The van der Waals surface area contributed by atoms with E-state index < -0.39 is 0 Å². The van der Waals surface area contributed by atoms with E-state index in [0.717, 1.165) is 47.6 Å². The van der Waals surface area contributed by atoms with Gasteiger partial charge in [0, 0.05) is 37.4 Å². The molecule has 192 valence electrons. The topological polar surface area (TPSA) is 73.4 Å². The molecule has 8 heteroatoms. The summed E-state index contributed by atoms with van der Waals surface area (Å²) in [6.07, 6.45) is 8.07. The molecule has 2 N–H and O–H groups in total. The summed E-state index contributed by atoms with van der Waals surface area (Å²) in [5, 5.41) is 7.34. The van der Waals surface area contributed by atoms with Gasteiger partial charge in [-0.25, -0.2) is 4.98 Å². The number of fused-ring (bicyclic) bond motifs is 1. The number of nitrogens with one attached hydrogen (secondary N) is 2. The molecular weight excluding hydrogens is 472 g/mol. The van der Waals surface area contributed by atoms with Crippen molar-refractivity contribution in [1.29, 1.82) is 0 Å². The third-order valence-electron chi connectivity index (χ3n) is 9.02. The van der Waals surface area contributed by atoms with Crippen LogP contribution in [0.15, 0.2) is 24.4 Å². The molecule has 2 saturated carbocycles. The minimum absolute atomic E-state index is 0.0976. The van der Waals surface area contributed by atoms with Crippen LogP contribution in [-0.2, 0) is 6.54 Å². The van der Waals surface area contributed by atoms with Gasteiger partial charge in [0.25, 0.3) is 5.91 Å². The van der Waals surface area contributed by atoms with Crippen molar-refractivity contribution in [3.05, 3.63) is 46.1 Å². The van der Waals surface area contributed by atoms with Gasteiger partial charge in [0.2, 0.25) is 5.95 Å². The van der Waals surface area contributed by atoms with Crippen molar-refractivity contribution in [1.82, 2.24) is 20.2 Å². The van der Waals surface area contributed by atoms with Crippen molar-refractivity contribution in [2.24, 2.45) is 23.2 Å². The molecule has 4 aliphatic rings. The highest BCUT2D eigenvalue weighted by atomic mass is 35.5. The number of piperidine rings is 2. The van der Waals surface area contributed by atoms with Crippen LogP contribution in [0.2, 0.25) is 5.02 Å². The molecule has 2 aromatic rings. The molecular formula is C28H37ClN6O. The summed E-state index contributed by atoms with van der Waals surface area (Å²) in [4.78, 5) is 27.4. The lowest BCUT2D eigenvalue weighted by Gasteiger charge is -2.52. The first-order valence-electron chi connectivity index (χ1n) is 13.5. The summed E-state index contributed by atoms with van der Waals surface area (Å²) in [5.41, 5.74) is 3.13. The number of halogens is 1. The van der Waals surface area contributed by atoms with Gasteiger partial charge in [-0.15, -0.1) is 0 Å². The molecule has 0 bridgehead atoms. The highest BCUT2D eigenvalue weighted by Crippen LogP contribution is 2.52. The Morgan fingerprint density at radius 3 is 2.67 bits per heavy atom. The van der Waals surface area contributed by atoms with E-state index in [0.29, 0.717) is 35.2 Å². The van der Waals surface area contributed by atoms with E-state index in [9.17, 15) is 4.79 Å². The van der Waals surface area contributed by atoms with Gasteiger partial charge in [-0.2, -0.15) is 4.98 Å².